The quantitative estimate of drug-likeness (QED) is 0.168. The molecule has 13 heteroatoms. The van der Waals surface area contributed by atoms with Crippen LogP contribution in [0.1, 0.15) is 36.5 Å². The maximum absolute atomic E-state index is 15.9. The summed E-state index contributed by atoms with van der Waals surface area (Å²) < 4.78 is 30.1. The van der Waals surface area contributed by atoms with Gasteiger partial charge in [-0.25, -0.2) is 14.2 Å². The number of aryl methyl sites for hydroxylation is 1. The molecule has 0 unspecified atom stereocenters. The Hall–Kier alpha value is -4.36. The largest absolute Gasteiger partial charge is 0.496 e. The van der Waals surface area contributed by atoms with Crippen molar-refractivity contribution in [1.82, 2.24) is 24.0 Å². The van der Waals surface area contributed by atoms with Gasteiger partial charge >= 0.3 is 5.69 Å². The number of ether oxygens (including phenoxy) is 2. The second kappa shape index (κ2) is 14.0. The maximum atomic E-state index is 15.9. The molecule has 11 nitrogen and oxygen atoms in total. The van der Waals surface area contributed by atoms with Crippen molar-refractivity contribution in [2.24, 2.45) is 0 Å². The number of rotatable bonds is 11. The fourth-order valence-electron chi connectivity index (χ4n) is 5.39. The highest BCUT2D eigenvalue weighted by Crippen LogP contribution is 2.34. The van der Waals surface area contributed by atoms with Gasteiger partial charge in [-0.15, -0.1) is 0 Å². The summed E-state index contributed by atoms with van der Waals surface area (Å²) in [7, 11) is 0.121. The average Bonchev–Trinajstić information content (AvgIpc) is 3.03. The zero-order valence-electron chi connectivity index (χ0n) is 27.1. The van der Waals surface area contributed by atoms with E-state index in [2.05, 4.69) is 34.9 Å². The Morgan fingerprint density at radius 2 is 1.76 bits per heavy atom. The van der Waals surface area contributed by atoms with E-state index in [-0.39, 0.29) is 57.7 Å². The fourth-order valence-corrected chi connectivity index (χ4v) is 6.15. The minimum absolute atomic E-state index is 0.0591. The number of carbonyl (C=O) groups excluding carboxylic acids is 1. The average molecular weight is 649 g/mol. The molecular weight excluding hydrogens is 607 g/mol. The highest BCUT2D eigenvalue weighted by atomic mass is 28.3. The molecule has 1 aliphatic heterocycles. The molecule has 3 aromatic heterocycles. The Labute approximate surface area is 268 Å². The second-order valence-corrected chi connectivity index (χ2v) is 18.3. The lowest BCUT2D eigenvalue weighted by Gasteiger charge is -2.27. The van der Waals surface area contributed by atoms with Crippen LogP contribution in [-0.2, 0) is 18.0 Å². The normalized spacial score (nSPS) is 13.7. The van der Waals surface area contributed by atoms with Crippen molar-refractivity contribution in [2.45, 2.75) is 65.1 Å². The first-order valence-corrected chi connectivity index (χ1v) is 19.3. The van der Waals surface area contributed by atoms with Crippen molar-refractivity contribution in [3.8, 4) is 17.0 Å². The van der Waals surface area contributed by atoms with Gasteiger partial charge in [0.05, 0.1) is 35.0 Å². The van der Waals surface area contributed by atoms with Crippen LogP contribution in [0.25, 0.3) is 22.2 Å². The summed E-state index contributed by atoms with van der Waals surface area (Å²) in [6.45, 7) is 10.9. The number of likely N-dealkylation sites (tertiary alicyclic amines) is 1. The van der Waals surface area contributed by atoms with Gasteiger partial charge in [0.15, 0.2) is 0 Å². The fraction of sp³-hybridized carbons (Fsp3) is 0.424. The van der Waals surface area contributed by atoms with E-state index in [9.17, 15) is 14.4 Å². The summed E-state index contributed by atoms with van der Waals surface area (Å²) in [5.41, 5.74) is 0.200. The molecule has 0 radical (unpaired) electrons. The number of halogens is 1. The third-order valence-corrected chi connectivity index (χ3v) is 9.78. The summed E-state index contributed by atoms with van der Waals surface area (Å²) in [6, 6.07) is 8.43. The molecule has 1 aromatic carbocycles. The number of methoxy groups -OCH3 is 1. The van der Waals surface area contributed by atoms with Gasteiger partial charge in [0.1, 0.15) is 24.1 Å². The SMILES string of the molecule is CCn1ccc(Nc2cc(-c3cc(OC)c(C(=O)N4CCCCC4)cc3F)nc3ccn(COCC[Si](C)(C)C)c(=O)c23)nc1=O. The van der Waals surface area contributed by atoms with Gasteiger partial charge in [-0.05, 0) is 62.6 Å². The van der Waals surface area contributed by atoms with Crippen LogP contribution in [0.5, 0.6) is 5.75 Å². The van der Waals surface area contributed by atoms with Crippen molar-refractivity contribution < 1.29 is 18.7 Å². The lowest BCUT2D eigenvalue weighted by molar-refractivity contribution is 0.0720. The summed E-state index contributed by atoms with van der Waals surface area (Å²) >= 11 is 0. The molecule has 244 valence electrons. The first-order chi connectivity index (χ1) is 22.0. The van der Waals surface area contributed by atoms with Crippen LogP contribution in [-0.4, -0.2) is 64.8 Å². The molecular formula is C33H41FN6O5Si. The molecule has 46 heavy (non-hydrogen) atoms. The highest BCUT2D eigenvalue weighted by Gasteiger charge is 2.25. The minimum Gasteiger partial charge on any atom is -0.496 e. The topological polar surface area (TPSA) is 121 Å². The Kier molecular flexibility index (Phi) is 10.0. The number of benzene rings is 1. The van der Waals surface area contributed by atoms with Gasteiger partial charge in [0.2, 0.25) is 0 Å². The van der Waals surface area contributed by atoms with Crippen molar-refractivity contribution in [1.29, 1.82) is 0 Å². The van der Waals surface area contributed by atoms with E-state index in [1.807, 2.05) is 6.92 Å². The van der Waals surface area contributed by atoms with Gasteiger partial charge in [-0.1, -0.05) is 19.6 Å². The standard InChI is InChI=1S/C33H41FN6O5Si/c1-6-38-15-11-29(37-33(38)43)36-27-20-26(35-25-10-14-40(32(42)30(25)27)21-45-16-17-46(3,4)5)22-19-28(44-2)23(18-24(22)34)31(41)39-12-8-7-9-13-39/h10-11,14-15,18-20H,6-9,12-13,16-17,21H2,1-5H3,(H,35,36,37,43). The number of anilines is 2. The number of aromatic nitrogens is 4. The maximum Gasteiger partial charge on any atom is 0.349 e. The smallest absolute Gasteiger partial charge is 0.349 e. The Balaban J connectivity index is 1.58. The second-order valence-electron chi connectivity index (χ2n) is 12.6. The molecule has 5 rings (SSSR count). The van der Waals surface area contributed by atoms with E-state index in [1.165, 1.54) is 34.4 Å². The third-order valence-electron chi connectivity index (χ3n) is 8.08. The van der Waals surface area contributed by atoms with Gasteiger partial charge in [-0.3, -0.25) is 18.7 Å². The lowest BCUT2D eigenvalue weighted by atomic mass is 10.0. The lowest BCUT2D eigenvalue weighted by Crippen LogP contribution is -2.35. The van der Waals surface area contributed by atoms with Crippen molar-refractivity contribution in [3.05, 3.63) is 74.9 Å². The van der Waals surface area contributed by atoms with E-state index < -0.39 is 19.6 Å². The molecule has 0 bridgehead atoms. The molecule has 4 aromatic rings. The number of nitrogens with one attached hydrogen (secondary N) is 1. The van der Waals surface area contributed by atoms with Crippen LogP contribution in [0.3, 0.4) is 0 Å². The number of fused-ring (bicyclic) bond motifs is 1. The molecule has 0 spiro atoms. The molecule has 1 saturated heterocycles. The molecule has 1 aliphatic rings. The monoisotopic (exact) mass is 648 g/mol. The summed E-state index contributed by atoms with van der Waals surface area (Å²) in [5.74, 6) is -0.503. The summed E-state index contributed by atoms with van der Waals surface area (Å²) in [4.78, 5) is 50.0. The first kappa shape index (κ1) is 33.0. The van der Waals surface area contributed by atoms with Crippen LogP contribution in [0.2, 0.25) is 25.7 Å². The van der Waals surface area contributed by atoms with Crippen molar-refractivity contribution in [2.75, 3.05) is 32.1 Å². The molecule has 1 amide bonds. The van der Waals surface area contributed by atoms with Crippen LogP contribution >= 0.6 is 0 Å². The predicted molar refractivity (Wildman–Crippen MR) is 179 cm³/mol. The van der Waals surface area contributed by atoms with E-state index in [4.69, 9.17) is 9.47 Å². The van der Waals surface area contributed by atoms with E-state index in [0.29, 0.717) is 31.8 Å². The number of pyridine rings is 2. The van der Waals surface area contributed by atoms with Crippen LogP contribution in [0.4, 0.5) is 15.9 Å². The third kappa shape index (κ3) is 7.36. The minimum atomic E-state index is -1.31. The van der Waals surface area contributed by atoms with Crippen molar-refractivity contribution in [3.63, 3.8) is 0 Å². The van der Waals surface area contributed by atoms with E-state index >= 15 is 4.39 Å². The molecule has 0 aliphatic carbocycles. The van der Waals surface area contributed by atoms with E-state index in [1.54, 1.807) is 29.4 Å². The highest BCUT2D eigenvalue weighted by molar-refractivity contribution is 6.76. The van der Waals surface area contributed by atoms with Gasteiger partial charge in [0.25, 0.3) is 11.5 Å². The molecule has 0 atom stereocenters. The Morgan fingerprint density at radius 1 is 1.02 bits per heavy atom. The first-order valence-electron chi connectivity index (χ1n) is 15.6. The Morgan fingerprint density at radius 3 is 2.43 bits per heavy atom. The van der Waals surface area contributed by atoms with Crippen LogP contribution < -0.4 is 21.3 Å². The van der Waals surface area contributed by atoms with E-state index in [0.717, 1.165) is 25.3 Å². The number of amides is 1. The number of hydrogen-bond acceptors (Lipinski definition) is 8. The molecule has 1 N–H and O–H groups in total. The van der Waals surface area contributed by atoms with Crippen LogP contribution in [0.15, 0.2) is 52.3 Å². The molecule has 0 saturated carbocycles. The van der Waals surface area contributed by atoms with Gasteiger partial charge < -0.3 is 19.7 Å². The zero-order chi connectivity index (χ0) is 33.0. The van der Waals surface area contributed by atoms with Gasteiger partial charge in [0, 0.05) is 52.3 Å². The predicted octanol–water partition coefficient (Wildman–Crippen LogP) is 5.47. The number of hydrogen-bond donors (Lipinski definition) is 1. The summed E-state index contributed by atoms with van der Waals surface area (Å²) in [6.07, 6.45) is 6.07. The zero-order valence-corrected chi connectivity index (χ0v) is 28.1. The Bertz CT molecular complexity index is 1860. The number of nitrogens with zero attached hydrogens (tertiary/aromatic N) is 5. The number of carbonyl (C=O) groups is 1. The summed E-state index contributed by atoms with van der Waals surface area (Å²) in [5, 5.41) is 3.33. The van der Waals surface area contributed by atoms with Crippen molar-refractivity contribution >= 4 is 36.4 Å². The molecule has 1 fully saturated rings. The molecule has 4 heterocycles. The van der Waals surface area contributed by atoms with Gasteiger partial charge in [-0.2, -0.15) is 4.98 Å². The number of piperidine rings is 1. The van der Waals surface area contributed by atoms with Crippen LogP contribution in [0, 0.1) is 5.82 Å².